The van der Waals surface area contributed by atoms with Crippen molar-refractivity contribution in [2.24, 2.45) is 10.4 Å². The third-order valence-electron chi connectivity index (χ3n) is 1.70. The molecule has 0 saturated heterocycles. The largest absolute Gasteiger partial charge is 0.354 e. The van der Waals surface area contributed by atoms with E-state index < -0.39 is 5.12 Å². The number of hydrogen-bond donors (Lipinski definition) is 1. The van der Waals surface area contributed by atoms with Crippen molar-refractivity contribution in [3.8, 4) is 0 Å². The lowest BCUT2D eigenvalue weighted by Crippen LogP contribution is -2.47. The van der Waals surface area contributed by atoms with Gasteiger partial charge in [-0.25, -0.2) is 4.99 Å². The molecule has 11 heavy (non-hydrogen) atoms. The highest BCUT2D eigenvalue weighted by Gasteiger charge is 2.39. The van der Waals surface area contributed by atoms with Gasteiger partial charge in [0.1, 0.15) is 0 Å². The van der Waals surface area contributed by atoms with Gasteiger partial charge in [-0.1, -0.05) is 32.4 Å². The summed E-state index contributed by atoms with van der Waals surface area (Å²) in [7, 11) is 0. The van der Waals surface area contributed by atoms with Gasteiger partial charge in [0.05, 0.1) is 0 Å². The Bertz CT molecular complexity index is 203. The predicted octanol–water partition coefficient (Wildman–Crippen LogP) is 2.11. The molecule has 0 saturated carbocycles. The number of nitrogens with one attached hydrogen (secondary N) is 1. The highest BCUT2D eigenvalue weighted by Crippen LogP contribution is 2.35. The summed E-state index contributed by atoms with van der Waals surface area (Å²) in [4.78, 5) is 4.18. The monoisotopic (exact) mass is 172 g/mol. The highest BCUT2D eigenvalue weighted by molar-refractivity contribution is 6.24. The fraction of sp³-hybridized carbons (Fsp3) is 0.625. The zero-order valence-corrected chi connectivity index (χ0v) is 7.81. The van der Waals surface area contributed by atoms with Crippen LogP contribution in [0.1, 0.15) is 20.8 Å². The van der Waals surface area contributed by atoms with Crippen LogP contribution in [-0.4, -0.2) is 11.3 Å². The van der Waals surface area contributed by atoms with Crippen LogP contribution in [0, 0.1) is 5.41 Å². The van der Waals surface area contributed by atoms with E-state index in [1.165, 1.54) is 0 Å². The molecule has 1 heterocycles. The lowest BCUT2D eigenvalue weighted by molar-refractivity contribution is 0.254. The van der Waals surface area contributed by atoms with E-state index in [0.717, 1.165) is 0 Å². The first-order valence-electron chi connectivity index (χ1n) is 3.63. The van der Waals surface area contributed by atoms with Crippen molar-refractivity contribution in [1.82, 2.24) is 5.32 Å². The summed E-state index contributed by atoms with van der Waals surface area (Å²) in [6.07, 6.45) is 5.35. The SMILES string of the molecule is CC(C)(C)C1(Cl)N=CC=CN1. The topological polar surface area (TPSA) is 24.4 Å². The molecule has 62 valence electrons. The van der Waals surface area contributed by atoms with Gasteiger partial charge in [0.2, 0.25) is 5.12 Å². The smallest absolute Gasteiger partial charge is 0.210 e. The van der Waals surface area contributed by atoms with Gasteiger partial charge < -0.3 is 5.32 Å². The molecule has 0 aromatic heterocycles. The third-order valence-corrected chi connectivity index (χ3v) is 2.48. The van der Waals surface area contributed by atoms with E-state index in [9.17, 15) is 0 Å². The van der Waals surface area contributed by atoms with Crippen LogP contribution in [0.15, 0.2) is 17.3 Å². The molecule has 0 spiro atoms. The molecule has 0 aliphatic carbocycles. The van der Waals surface area contributed by atoms with Gasteiger partial charge in [0.15, 0.2) is 0 Å². The molecule has 1 unspecified atom stereocenters. The minimum absolute atomic E-state index is 0.0875. The van der Waals surface area contributed by atoms with Gasteiger partial charge in [0.25, 0.3) is 0 Å². The average Bonchev–Trinajstić information content (AvgIpc) is 1.87. The quantitative estimate of drug-likeness (QED) is 0.439. The number of hydrogen-bond acceptors (Lipinski definition) is 2. The molecule has 1 rings (SSSR count). The zero-order chi connectivity index (χ0) is 8.54. The lowest BCUT2D eigenvalue weighted by Gasteiger charge is -2.37. The normalized spacial score (nSPS) is 30.2. The molecular weight excluding hydrogens is 160 g/mol. The summed E-state index contributed by atoms with van der Waals surface area (Å²) in [5.74, 6) is 0. The predicted molar refractivity (Wildman–Crippen MR) is 48.8 cm³/mol. The Morgan fingerprint density at radius 2 is 2.09 bits per heavy atom. The number of rotatable bonds is 0. The molecule has 1 aliphatic rings. The van der Waals surface area contributed by atoms with Crippen molar-refractivity contribution < 1.29 is 0 Å². The lowest BCUT2D eigenvalue weighted by atomic mass is 9.91. The Morgan fingerprint density at radius 1 is 1.45 bits per heavy atom. The molecule has 0 amide bonds. The second kappa shape index (κ2) is 2.52. The Balaban J connectivity index is 2.84. The van der Waals surface area contributed by atoms with Crippen LogP contribution in [0.2, 0.25) is 0 Å². The molecular formula is C8H13ClN2. The minimum Gasteiger partial charge on any atom is -0.354 e. The molecule has 1 aliphatic heterocycles. The zero-order valence-electron chi connectivity index (χ0n) is 7.06. The van der Waals surface area contributed by atoms with Crippen molar-refractivity contribution in [2.75, 3.05) is 0 Å². The fourth-order valence-electron chi connectivity index (χ4n) is 0.795. The second-order valence-corrected chi connectivity index (χ2v) is 4.20. The van der Waals surface area contributed by atoms with Crippen molar-refractivity contribution in [1.29, 1.82) is 0 Å². The fourth-order valence-corrected chi connectivity index (χ4v) is 0.914. The maximum absolute atomic E-state index is 6.19. The van der Waals surface area contributed by atoms with Crippen LogP contribution in [0.4, 0.5) is 0 Å². The molecule has 0 radical (unpaired) electrons. The van der Waals surface area contributed by atoms with E-state index in [1.807, 2.05) is 33.0 Å². The van der Waals surface area contributed by atoms with E-state index in [4.69, 9.17) is 11.6 Å². The summed E-state index contributed by atoms with van der Waals surface area (Å²) in [5.41, 5.74) is -0.0875. The molecule has 0 fully saturated rings. The second-order valence-electron chi connectivity index (χ2n) is 3.65. The summed E-state index contributed by atoms with van der Waals surface area (Å²) in [6.45, 7) is 6.14. The number of nitrogens with zero attached hydrogens (tertiary/aromatic N) is 1. The molecule has 0 aromatic rings. The van der Waals surface area contributed by atoms with Crippen molar-refractivity contribution in [3.05, 3.63) is 12.3 Å². The Labute approximate surface area is 72.3 Å². The highest BCUT2D eigenvalue weighted by atomic mass is 35.5. The first-order chi connectivity index (χ1) is 4.96. The summed E-state index contributed by atoms with van der Waals surface area (Å²) < 4.78 is 0. The standard InChI is InChI=1S/C8H13ClN2/c1-7(2,3)8(9)10-5-4-6-11-8/h4-6,10H,1-3H3. The number of allylic oxidation sites excluding steroid dienone is 1. The van der Waals surface area contributed by atoms with E-state index in [-0.39, 0.29) is 5.41 Å². The number of alkyl halides is 1. The molecule has 1 atom stereocenters. The maximum Gasteiger partial charge on any atom is 0.210 e. The van der Waals surface area contributed by atoms with Crippen LogP contribution < -0.4 is 5.32 Å². The third kappa shape index (κ3) is 1.56. The molecule has 0 aromatic carbocycles. The van der Waals surface area contributed by atoms with Crippen molar-refractivity contribution in [3.63, 3.8) is 0 Å². The van der Waals surface area contributed by atoms with E-state index in [0.29, 0.717) is 0 Å². The van der Waals surface area contributed by atoms with Gasteiger partial charge >= 0.3 is 0 Å². The van der Waals surface area contributed by atoms with Gasteiger partial charge in [-0.15, -0.1) is 0 Å². The number of aliphatic imine (C=N–C) groups is 1. The van der Waals surface area contributed by atoms with Gasteiger partial charge in [-0.2, -0.15) is 0 Å². The van der Waals surface area contributed by atoms with Crippen LogP contribution in [-0.2, 0) is 0 Å². The van der Waals surface area contributed by atoms with Crippen LogP contribution in [0.5, 0.6) is 0 Å². The van der Waals surface area contributed by atoms with Crippen molar-refractivity contribution >= 4 is 17.8 Å². The average molecular weight is 173 g/mol. The Morgan fingerprint density at radius 3 is 2.36 bits per heavy atom. The summed E-state index contributed by atoms with van der Waals surface area (Å²) in [5, 5.41) is 2.34. The van der Waals surface area contributed by atoms with Crippen LogP contribution in [0.3, 0.4) is 0 Å². The summed E-state index contributed by atoms with van der Waals surface area (Å²) in [6, 6.07) is 0. The van der Waals surface area contributed by atoms with E-state index in [1.54, 1.807) is 6.21 Å². The Hall–Kier alpha value is -0.500. The van der Waals surface area contributed by atoms with Crippen LogP contribution in [0.25, 0.3) is 0 Å². The summed E-state index contributed by atoms with van der Waals surface area (Å²) >= 11 is 6.19. The van der Waals surface area contributed by atoms with Gasteiger partial charge in [0, 0.05) is 17.8 Å². The number of halogens is 1. The molecule has 3 heteroatoms. The van der Waals surface area contributed by atoms with Gasteiger partial charge in [-0.05, 0) is 6.08 Å². The minimum atomic E-state index is -0.679. The Kier molecular flexibility index (Phi) is 1.97. The van der Waals surface area contributed by atoms with Crippen LogP contribution >= 0.6 is 11.6 Å². The van der Waals surface area contributed by atoms with Gasteiger partial charge in [-0.3, -0.25) is 0 Å². The molecule has 0 bridgehead atoms. The van der Waals surface area contributed by atoms with E-state index in [2.05, 4.69) is 10.3 Å². The molecule has 2 nitrogen and oxygen atoms in total. The van der Waals surface area contributed by atoms with E-state index >= 15 is 0 Å². The maximum atomic E-state index is 6.19. The van der Waals surface area contributed by atoms with Crippen molar-refractivity contribution in [2.45, 2.75) is 25.9 Å². The molecule has 1 N–H and O–H groups in total. The first-order valence-corrected chi connectivity index (χ1v) is 4.00. The first kappa shape index (κ1) is 8.60.